The van der Waals surface area contributed by atoms with E-state index in [1.807, 2.05) is 6.92 Å². The molecule has 0 radical (unpaired) electrons. The van der Waals surface area contributed by atoms with Crippen LogP contribution in [0.1, 0.15) is 19.8 Å². The number of nitrogens with zero attached hydrogens (tertiary/aromatic N) is 2. The van der Waals surface area contributed by atoms with Gasteiger partial charge in [0.15, 0.2) is 0 Å². The molecule has 19 heavy (non-hydrogen) atoms. The van der Waals surface area contributed by atoms with Crippen molar-refractivity contribution in [3.05, 3.63) is 12.4 Å². The van der Waals surface area contributed by atoms with Gasteiger partial charge in [-0.05, 0) is 12.8 Å². The maximum absolute atomic E-state index is 11.9. The van der Waals surface area contributed by atoms with Gasteiger partial charge in [0.25, 0.3) is 0 Å². The largest absolute Gasteiger partial charge is 0.381 e. The Hall–Kier alpha value is -0.960. The third-order valence-corrected chi connectivity index (χ3v) is 3.80. The van der Waals surface area contributed by atoms with Gasteiger partial charge in [-0.2, -0.15) is 5.10 Å². The standard InChI is InChI=1S/C11H22N4O3S/c1-2-7-18-8-3-5-14-19(16,17)11-9-13-15(10-11)6-4-12/h9-10,14H,2-8,12H2,1H3. The number of rotatable bonds is 10. The summed E-state index contributed by atoms with van der Waals surface area (Å²) < 4.78 is 33.1. The Kier molecular flexibility index (Phi) is 7.00. The Morgan fingerprint density at radius 3 is 2.95 bits per heavy atom. The maximum Gasteiger partial charge on any atom is 0.243 e. The minimum Gasteiger partial charge on any atom is -0.381 e. The van der Waals surface area contributed by atoms with Crippen LogP contribution in [0.5, 0.6) is 0 Å². The highest BCUT2D eigenvalue weighted by Gasteiger charge is 2.15. The van der Waals surface area contributed by atoms with Crippen molar-refractivity contribution >= 4 is 10.0 Å². The predicted octanol–water partition coefficient (Wildman–Crippen LogP) is -0.0632. The quantitative estimate of drug-likeness (QED) is 0.588. The molecule has 0 spiro atoms. The first-order chi connectivity index (χ1) is 9.10. The van der Waals surface area contributed by atoms with Gasteiger partial charge in [-0.3, -0.25) is 4.68 Å². The van der Waals surface area contributed by atoms with E-state index in [1.165, 1.54) is 17.1 Å². The van der Waals surface area contributed by atoms with Crippen molar-refractivity contribution in [2.45, 2.75) is 31.2 Å². The van der Waals surface area contributed by atoms with Crippen molar-refractivity contribution in [2.75, 3.05) is 26.3 Å². The Bertz CT molecular complexity index is 458. The minimum atomic E-state index is -3.48. The molecule has 1 aromatic rings. The van der Waals surface area contributed by atoms with Gasteiger partial charge < -0.3 is 10.5 Å². The van der Waals surface area contributed by atoms with E-state index in [-0.39, 0.29) is 4.90 Å². The highest BCUT2D eigenvalue weighted by molar-refractivity contribution is 7.89. The van der Waals surface area contributed by atoms with Crippen LogP contribution in [0.15, 0.2) is 17.3 Å². The molecule has 0 aliphatic carbocycles. The number of sulfonamides is 1. The Morgan fingerprint density at radius 2 is 2.26 bits per heavy atom. The number of aromatic nitrogens is 2. The molecule has 1 aromatic heterocycles. The van der Waals surface area contributed by atoms with E-state index in [1.54, 1.807) is 0 Å². The zero-order valence-corrected chi connectivity index (χ0v) is 12.0. The third kappa shape index (κ3) is 5.68. The fraction of sp³-hybridized carbons (Fsp3) is 0.727. The molecule has 0 atom stereocenters. The molecule has 110 valence electrons. The fourth-order valence-corrected chi connectivity index (χ4v) is 2.47. The molecule has 0 bridgehead atoms. The van der Waals surface area contributed by atoms with Crippen LogP contribution in [-0.4, -0.2) is 44.5 Å². The second-order valence-electron chi connectivity index (χ2n) is 4.09. The van der Waals surface area contributed by atoms with Gasteiger partial charge in [0, 0.05) is 32.5 Å². The third-order valence-electron chi connectivity index (χ3n) is 2.38. The van der Waals surface area contributed by atoms with E-state index in [2.05, 4.69) is 9.82 Å². The normalized spacial score (nSPS) is 11.9. The Balaban J connectivity index is 2.38. The predicted molar refractivity (Wildman–Crippen MR) is 72.2 cm³/mol. The lowest BCUT2D eigenvalue weighted by Crippen LogP contribution is -2.25. The van der Waals surface area contributed by atoms with Crippen molar-refractivity contribution in [2.24, 2.45) is 5.73 Å². The van der Waals surface area contributed by atoms with Crippen LogP contribution in [0.25, 0.3) is 0 Å². The number of nitrogens with two attached hydrogens (primary N) is 1. The van der Waals surface area contributed by atoms with Crippen molar-refractivity contribution in [1.82, 2.24) is 14.5 Å². The molecule has 0 aromatic carbocycles. The lowest BCUT2D eigenvalue weighted by molar-refractivity contribution is 0.133. The smallest absolute Gasteiger partial charge is 0.243 e. The lowest BCUT2D eigenvalue weighted by Gasteiger charge is -2.05. The van der Waals surface area contributed by atoms with Gasteiger partial charge in [-0.25, -0.2) is 13.1 Å². The summed E-state index contributed by atoms with van der Waals surface area (Å²) in [6.07, 6.45) is 4.41. The molecule has 0 saturated carbocycles. The second kappa shape index (κ2) is 8.26. The van der Waals surface area contributed by atoms with Gasteiger partial charge in [0.1, 0.15) is 4.90 Å². The molecule has 0 aliphatic heterocycles. The minimum absolute atomic E-state index is 0.162. The van der Waals surface area contributed by atoms with Crippen molar-refractivity contribution < 1.29 is 13.2 Å². The molecule has 1 heterocycles. The average Bonchev–Trinajstić information content (AvgIpc) is 2.83. The molecule has 0 fully saturated rings. The first-order valence-electron chi connectivity index (χ1n) is 6.40. The van der Waals surface area contributed by atoms with Crippen LogP contribution in [0.2, 0.25) is 0 Å². The van der Waals surface area contributed by atoms with Crippen LogP contribution in [-0.2, 0) is 21.3 Å². The average molecular weight is 290 g/mol. The fourth-order valence-electron chi connectivity index (χ4n) is 1.45. The maximum atomic E-state index is 11.9. The lowest BCUT2D eigenvalue weighted by atomic mass is 10.4. The van der Waals surface area contributed by atoms with Crippen LogP contribution < -0.4 is 10.5 Å². The second-order valence-corrected chi connectivity index (χ2v) is 5.86. The Labute approximate surface area is 114 Å². The molecular weight excluding hydrogens is 268 g/mol. The Morgan fingerprint density at radius 1 is 1.47 bits per heavy atom. The summed E-state index contributed by atoms with van der Waals surface area (Å²) in [5.74, 6) is 0. The number of hydrogen-bond acceptors (Lipinski definition) is 5. The molecule has 0 aliphatic rings. The van der Waals surface area contributed by atoms with E-state index in [0.717, 1.165) is 6.42 Å². The molecule has 0 unspecified atom stereocenters. The van der Waals surface area contributed by atoms with Crippen LogP contribution in [0.4, 0.5) is 0 Å². The van der Waals surface area contributed by atoms with Gasteiger partial charge in [0.2, 0.25) is 10.0 Å². The summed E-state index contributed by atoms with van der Waals surface area (Å²) in [4.78, 5) is 0.162. The summed E-state index contributed by atoms with van der Waals surface area (Å²) in [7, 11) is -3.48. The molecule has 0 amide bonds. The van der Waals surface area contributed by atoms with Crippen molar-refractivity contribution in [3.8, 4) is 0 Å². The first kappa shape index (κ1) is 16.1. The SMILES string of the molecule is CCCOCCCNS(=O)(=O)c1cnn(CCN)c1. The molecule has 7 nitrogen and oxygen atoms in total. The zero-order chi connectivity index (χ0) is 14.1. The summed E-state index contributed by atoms with van der Waals surface area (Å²) in [5.41, 5.74) is 5.38. The number of hydrogen-bond donors (Lipinski definition) is 2. The molecule has 8 heteroatoms. The van der Waals surface area contributed by atoms with Gasteiger partial charge >= 0.3 is 0 Å². The highest BCUT2D eigenvalue weighted by Crippen LogP contribution is 2.06. The van der Waals surface area contributed by atoms with Crippen molar-refractivity contribution in [1.29, 1.82) is 0 Å². The summed E-state index contributed by atoms with van der Waals surface area (Å²) >= 11 is 0. The van der Waals surface area contributed by atoms with Gasteiger partial charge in [-0.1, -0.05) is 6.92 Å². The topological polar surface area (TPSA) is 99.2 Å². The summed E-state index contributed by atoms with van der Waals surface area (Å²) in [6.45, 7) is 4.57. The molecule has 1 rings (SSSR count). The molecular formula is C11H22N4O3S. The highest BCUT2D eigenvalue weighted by atomic mass is 32.2. The van der Waals surface area contributed by atoms with E-state index in [4.69, 9.17) is 10.5 Å². The molecule has 0 saturated heterocycles. The monoisotopic (exact) mass is 290 g/mol. The summed E-state index contributed by atoms with van der Waals surface area (Å²) in [5, 5.41) is 3.93. The van der Waals surface area contributed by atoms with E-state index in [0.29, 0.717) is 39.3 Å². The van der Waals surface area contributed by atoms with Crippen molar-refractivity contribution in [3.63, 3.8) is 0 Å². The van der Waals surface area contributed by atoms with Gasteiger partial charge in [0.05, 0.1) is 12.7 Å². The number of ether oxygens (including phenoxy) is 1. The molecule has 3 N–H and O–H groups in total. The first-order valence-corrected chi connectivity index (χ1v) is 7.88. The van der Waals surface area contributed by atoms with Crippen LogP contribution in [0.3, 0.4) is 0 Å². The van der Waals surface area contributed by atoms with Crippen LogP contribution >= 0.6 is 0 Å². The van der Waals surface area contributed by atoms with E-state index < -0.39 is 10.0 Å². The van der Waals surface area contributed by atoms with E-state index in [9.17, 15) is 8.42 Å². The van der Waals surface area contributed by atoms with Crippen LogP contribution in [0, 0.1) is 0 Å². The zero-order valence-electron chi connectivity index (χ0n) is 11.2. The summed E-state index contributed by atoms with van der Waals surface area (Å²) in [6, 6.07) is 0. The number of nitrogens with one attached hydrogen (secondary N) is 1. The van der Waals surface area contributed by atoms with E-state index >= 15 is 0 Å². The van der Waals surface area contributed by atoms with Gasteiger partial charge in [-0.15, -0.1) is 0 Å².